The Kier molecular flexibility index (Phi) is 7.11. The van der Waals surface area contributed by atoms with Gasteiger partial charge in [-0.05, 0) is 58.3 Å². The molecule has 0 spiro atoms. The molecule has 1 fully saturated rings. The van der Waals surface area contributed by atoms with Gasteiger partial charge in [0.15, 0.2) is 11.6 Å². The monoisotopic (exact) mass is 542 g/mol. The van der Waals surface area contributed by atoms with E-state index < -0.39 is 16.9 Å². The quantitative estimate of drug-likeness (QED) is 0.121. The van der Waals surface area contributed by atoms with Crippen molar-refractivity contribution in [1.29, 1.82) is 0 Å². The Balaban J connectivity index is 2.91. The summed E-state index contributed by atoms with van der Waals surface area (Å²) in [7, 11) is -0.421. The average Bonchev–Trinajstić information content (AvgIpc) is 2.60. The van der Waals surface area contributed by atoms with E-state index in [1.165, 1.54) is 5.57 Å². The van der Waals surface area contributed by atoms with Crippen LogP contribution in [0.15, 0.2) is 34.3 Å². The van der Waals surface area contributed by atoms with Crippen LogP contribution >= 0.6 is 22.6 Å². The topological polar surface area (TPSA) is 43.4 Å². The number of ketones is 2. The Morgan fingerprint density at radius 3 is 2.07 bits per heavy atom. The van der Waals surface area contributed by atoms with Gasteiger partial charge in [-0.3, -0.25) is 9.59 Å². The Labute approximate surface area is 197 Å². The van der Waals surface area contributed by atoms with Crippen molar-refractivity contribution in [3.05, 3.63) is 34.3 Å². The number of alkyl halides is 1. The minimum Gasteiger partial charge on any atom is -0.499 e. The third kappa shape index (κ3) is 3.82. The summed E-state index contributed by atoms with van der Waals surface area (Å²) in [6.07, 6.45) is 6.32. The van der Waals surface area contributed by atoms with E-state index in [1.807, 2.05) is 13.8 Å². The Morgan fingerprint density at radius 1 is 1.10 bits per heavy atom. The maximum Gasteiger partial charge on any atom is 0.172 e. The number of allylic oxidation sites excluding steroid dienone is 6. The molecule has 2 unspecified atom stereocenters. The van der Waals surface area contributed by atoms with Crippen LogP contribution in [0.5, 0.6) is 0 Å². The van der Waals surface area contributed by atoms with Crippen molar-refractivity contribution in [3.63, 3.8) is 0 Å². The maximum absolute atomic E-state index is 14.2. The molecule has 168 valence electrons. The van der Waals surface area contributed by atoms with Crippen molar-refractivity contribution in [1.82, 2.24) is 0 Å². The van der Waals surface area contributed by atoms with E-state index in [-0.39, 0.29) is 22.9 Å². The standard InChI is InChI=1S/C25H39IO3Si/c1-16(2)11-12-18-15-24(14-13-17(3)4)20(27)19(30(8,9)10)21(29-7)25(26,22(24)28)23(18,5)6/h11,13,18H,12,14-15H2,1-10H3/t18?,24?,25-/m0/s1. The molecule has 3 atom stereocenters. The van der Waals surface area contributed by atoms with Crippen LogP contribution < -0.4 is 0 Å². The minimum absolute atomic E-state index is 0.0333. The highest BCUT2D eigenvalue weighted by atomic mass is 127. The van der Waals surface area contributed by atoms with Crippen LogP contribution in [0.3, 0.4) is 0 Å². The van der Waals surface area contributed by atoms with E-state index in [4.69, 9.17) is 4.74 Å². The van der Waals surface area contributed by atoms with Crippen LogP contribution in [0.25, 0.3) is 0 Å². The molecule has 2 bridgehead atoms. The summed E-state index contributed by atoms with van der Waals surface area (Å²) < 4.78 is 5.14. The number of ether oxygens (including phenoxy) is 1. The van der Waals surface area contributed by atoms with Crippen LogP contribution in [0.2, 0.25) is 19.6 Å². The fraction of sp³-hybridized carbons (Fsp3) is 0.680. The van der Waals surface area contributed by atoms with E-state index in [1.54, 1.807) is 7.11 Å². The molecular weight excluding hydrogens is 503 g/mol. The van der Waals surface area contributed by atoms with E-state index in [9.17, 15) is 9.59 Å². The Hall–Kier alpha value is -0.693. The molecule has 0 amide bonds. The number of rotatable bonds is 6. The smallest absolute Gasteiger partial charge is 0.172 e. The highest BCUT2D eigenvalue weighted by Gasteiger charge is 2.72. The normalized spacial score (nSPS) is 30.8. The molecule has 0 aliphatic heterocycles. The van der Waals surface area contributed by atoms with Crippen molar-refractivity contribution in [3.8, 4) is 0 Å². The zero-order chi connectivity index (χ0) is 23.3. The van der Waals surface area contributed by atoms with Crippen LogP contribution in [-0.2, 0) is 14.3 Å². The summed E-state index contributed by atoms with van der Waals surface area (Å²) in [5.74, 6) is 0.934. The lowest BCUT2D eigenvalue weighted by Crippen LogP contribution is -2.68. The molecule has 0 aromatic carbocycles. The van der Waals surface area contributed by atoms with Crippen LogP contribution in [0.1, 0.15) is 60.8 Å². The van der Waals surface area contributed by atoms with Crippen molar-refractivity contribution in [2.24, 2.45) is 16.7 Å². The first kappa shape index (κ1) is 25.6. The molecule has 0 aromatic heterocycles. The van der Waals surface area contributed by atoms with Gasteiger partial charge >= 0.3 is 0 Å². The van der Waals surface area contributed by atoms with Gasteiger partial charge in [0.1, 0.15) is 9.18 Å². The van der Waals surface area contributed by atoms with Crippen molar-refractivity contribution in [2.75, 3.05) is 7.11 Å². The van der Waals surface area contributed by atoms with E-state index in [0.29, 0.717) is 18.6 Å². The number of fused-ring (bicyclic) bond motifs is 2. The van der Waals surface area contributed by atoms with Gasteiger partial charge in [-0.2, -0.15) is 0 Å². The predicted molar refractivity (Wildman–Crippen MR) is 137 cm³/mol. The van der Waals surface area contributed by atoms with E-state index in [0.717, 1.165) is 17.2 Å². The van der Waals surface area contributed by atoms with Crippen LogP contribution in [-0.4, -0.2) is 30.2 Å². The van der Waals surface area contributed by atoms with Gasteiger partial charge in [-0.1, -0.05) is 79.4 Å². The molecule has 2 rings (SSSR count). The lowest BCUT2D eigenvalue weighted by molar-refractivity contribution is -0.152. The molecule has 1 saturated carbocycles. The third-order valence-corrected chi connectivity index (χ3v) is 11.4. The number of carbonyl (C=O) groups excluding carboxylic acids is 2. The van der Waals surface area contributed by atoms with Crippen molar-refractivity contribution in [2.45, 2.75) is 83.9 Å². The third-order valence-electron chi connectivity index (χ3n) is 7.08. The Bertz CT molecular complexity index is 835. The first-order valence-corrected chi connectivity index (χ1v) is 15.5. The second-order valence-corrected chi connectivity index (χ2v) is 17.8. The highest BCUT2D eigenvalue weighted by molar-refractivity contribution is 14.1. The molecule has 5 heteroatoms. The molecular formula is C25H39IO3Si. The van der Waals surface area contributed by atoms with Crippen LogP contribution in [0.4, 0.5) is 0 Å². The zero-order valence-corrected chi connectivity index (χ0v) is 23.6. The zero-order valence-electron chi connectivity index (χ0n) is 20.5. The lowest BCUT2D eigenvalue weighted by Gasteiger charge is -2.59. The summed E-state index contributed by atoms with van der Waals surface area (Å²) in [5.41, 5.74) is 1.10. The summed E-state index contributed by atoms with van der Waals surface area (Å²) in [4.78, 5) is 28.4. The molecule has 0 N–H and O–H groups in total. The summed E-state index contributed by atoms with van der Waals surface area (Å²) >= 11 is 2.35. The lowest BCUT2D eigenvalue weighted by atomic mass is 9.48. The predicted octanol–water partition coefficient (Wildman–Crippen LogP) is 6.84. The molecule has 2 aliphatic rings. The fourth-order valence-corrected chi connectivity index (χ4v) is 8.70. The number of Topliss-reactive ketones (excluding diaryl/α,β-unsaturated/α-hetero) is 2. The number of hydrogen-bond donors (Lipinski definition) is 0. The number of carbonyl (C=O) groups is 2. The van der Waals surface area contributed by atoms with Crippen molar-refractivity contribution < 1.29 is 14.3 Å². The molecule has 0 aromatic rings. The molecule has 0 radical (unpaired) electrons. The summed E-state index contributed by atoms with van der Waals surface area (Å²) in [6, 6.07) is 0. The number of hydrogen-bond acceptors (Lipinski definition) is 3. The second-order valence-electron chi connectivity index (χ2n) is 11.2. The number of methoxy groups -OCH3 is 1. The minimum atomic E-state index is -2.05. The highest BCUT2D eigenvalue weighted by Crippen LogP contribution is 2.65. The molecule has 30 heavy (non-hydrogen) atoms. The van der Waals surface area contributed by atoms with Gasteiger partial charge in [0.25, 0.3) is 0 Å². The van der Waals surface area contributed by atoms with Gasteiger partial charge in [0.05, 0.1) is 20.6 Å². The van der Waals surface area contributed by atoms with Gasteiger partial charge in [0.2, 0.25) is 0 Å². The second kappa shape index (κ2) is 8.34. The fourth-order valence-electron chi connectivity index (χ4n) is 5.11. The first-order chi connectivity index (χ1) is 13.6. The van der Waals surface area contributed by atoms with Gasteiger partial charge in [-0.25, -0.2) is 0 Å². The molecule has 3 nitrogen and oxygen atoms in total. The van der Waals surface area contributed by atoms with Crippen molar-refractivity contribution >= 4 is 42.2 Å². The van der Waals surface area contributed by atoms with Crippen LogP contribution in [0, 0.1) is 16.7 Å². The molecule has 0 heterocycles. The van der Waals surface area contributed by atoms with Gasteiger partial charge < -0.3 is 4.74 Å². The van der Waals surface area contributed by atoms with Gasteiger partial charge in [-0.15, -0.1) is 0 Å². The summed E-state index contributed by atoms with van der Waals surface area (Å²) in [6.45, 7) is 19.2. The molecule has 2 aliphatic carbocycles. The number of halogens is 1. The average molecular weight is 543 g/mol. The largest absolute Gasteiger partial charge is 0.499 e. The SMILES string of the molecule is COC1=C([Si](C)(C)C)C(=O)C2(CC=C(C)C)CC(CC=C(C)C)C(C)(C)[C@@]1(I)C2=O. The summed E-state index contributed by atoms with van der Waals surface area (Å²) in [5, 5.41) is 0.829. The van der Waals surface area contributed by atoms with Gasteiger partial charge in [0, 0.05) is 5.20 Å². The Morgan fingerprint density at radius 2 is 1.63 bits per heavy atom. The molecule has 0 saturated heterocycles. The maximum atomic E-state index is 14.2. The van der Waals surface area contributed by atoms with E-state index in [2.05, 4.69) is 82.1 Å². The van der Waals surface area contributed by atoms with E-state index >= 15 is 0 Å². The first-order valence-electron chi connectivity index (χ1n) is 10.9.